The predicted molar refractivity (Wildman–Crippen MR) is 116 cm³/mol. The molecule has 31 heavy (non-hydrogen) atoms. The van der Waals surface area contributed by atoms with Crippen molar-refractivity contribution in [2.45, 2.75) is 24.9 Å². The normalized spacial score (nSPS) is 11.8. The topological polar surface area (TPSA) is 183 Å². The number of carboxylic acids is 1. The summed E-state index contributed by atoms with van der Waals surface area (Å²) in [5.74, 6) is -2.31. The second-order valence-electron chi connectivity index (χ2n) is 5.92. The largest absolute Gasteiger partial charge is 0.480 e. The average molecular weight is 476 g/mol. The van der Waals surface area contributed by atoms with Gasteiger partial charge < -0.3 is 31.7 Å². The molecule has 0 aliphatic heterocycles. The Morgan fingerprint density at radius 3 is 1.74 bits per heavy atom. The van der Waals surface area contributed by atoms with Gasteiger partial charge in [0.2, 0.25) is 29.5 Å². The Morgan fingerprint density at radius 2 is 1.26 bits per heavy atom. The van der Waals surface area contributed by atoms with Gasteiger partial charge in [0.25, 0.3) is 0 Å². The highest BCUT2D eigenvalue weighted by atomic mass is 32.1. The Kier molecular flexibility index (Phi) is 14.4. The lowest BCUT2D eigenvalue weighted by Gasteiger charge is -2.16. The molecule has 2 unspecified atom stereocenters. The quantitative estimate of drug-likeness (QED) is 0.0954. The van der Waals surface area contributed by atoms with E-state index >= 15 is 0 Å². The minimum atomic E-state index is -1.27. The van der Waals surface area contributed by atoms with Gasteiger partial charge in [-0.1, -0.05) is 0 Å². The van der Waals surface area contributed by atoms with Crippen LogP contribution in [-0.2, 0) is 28.8 Å². The number of hydrogen-bond acceptors (Lipinski definition) is 8. The highest BCUT2D eigenvalue weighted by molar-refractivity contribution is 7.80. The van der Waals surface area contributed by atoms with Gasteiger partial charge in [-0.05, 0) is 0 Å². The number of aliphatic carboxylic acids is 1. The van der Waals surface area contributed by atoms with Crippen LogP contribution < -0.4 is 26.6 Å². The highest BCUT2D eigenvalue weighted by Crippen LogP contribution is 1.93. The Balaban J connectivity index is 4.21. The summed E-state index contributed by atoms with van der Waals surface area (Å²) >= 11 is 7.76. The summed E-state index contributed by atoms with van der Waals surface area (Å²) in [5.41, 5.74) is 0. The van der Waals surface area contributed by atoms with E-state index in [0.29, 0.717) is 0 Å². The van der Waals surface area contributed by atoms with Crippen molar-refractivity contribution in [2.24, 2.45) is 0 Å². The van der Waals surface area contributed by atoms with Crippen molar-refractivity contribution in [1.29, 1.82) is 0 Å². The third-order valence-electron chi connectivity index (χ3n) is 3.46. The number of nitrogens with one attached hydrogen (secondary N) is 5. The second-order valence-corrected chi connectivity index (χ2v) is 6.65. The SMILES string of the molecule is C#CCCC(=O)NC(CS)C(=O)NCC(=O)NCC(=O)NCC(=O)NC(CS)C(=O)O. The zero-order chi connectivity index (χ0) is 23.8. The van der Waals surface area contributed by atoms with Crippen molar-refractivity contribution >= 4 is 60.8 Å². The maximum absolute atomic E-state index is 12.0. The smallest absolute Gasteiger partial charge is 0.327 e. The number of hydrogen-bond donors (Lipinski definition) is 8. The number of carbonyl (C=O) groups excluding carboxylic acids is 5. The van der Waals surface area contributed by atoms with Crippen LogP contribution in [0, 0.1) is 12.3 Å². The van der Waals surface area contributed by atoms with Crippen LogP contribution in [0.1, 0.15) is 12.8 Å². The fourth-order valence-corrected chi connectivity index (χ4v) is 2.36. The molecule has 0 bridgehead atoms. The molecule has 0 aliphatic rings. The van der Waals surface area contributed by atoms with Crippen LogP contribution in [0.4, 0.5) is 0 Å². The molecule has 5 amide bonds. The van der Waals surface area contributed by atoms with Gasteiger partial charge in [0, 0.05) is 24.3 Å². The van der Waals surface area contributed by atoms with Crippen LogP contribution in [0.15, 0.2) is 0 Å². The van der Waals surface area contributed by atoms with Crippen molar-refractivity contribution in [3.63, 3.8) is 0 Å². The van der Waals surface area contributed by atoms with Gasteiger partial charge in [0.1, 0.15) is 12.1 Å². The molecule has 0 heterocycles. The molecule has 14 heteroatoms. The van der Waals surface area contributed by atoms with E-state index in [2.05, 4.69) is 57.8 Å². The molecule has 0 radical (unpaired) electrons. The van der Waals surface area contributed by atoms with E-state index in [-0.39, 0.29) is 24.3 Å². The van der Waals surface area contributed by atoms with Crippen molar-refractivity contribution in [3.05, 3.63) is 0 Å². The Hall–Kier alpha value is -2.92. The molecule has 0 aromatic rings. The molecule has 12 nitrogen and oxygen atoms in total. The summed E-state index contributed by atoms with van der Waals surface area (Å²) in [4.78, 5) is 69.3. The lowest BCUT2D eigenvalue weighted by atomic mass is 10.2. The molecule has 0 aromatic heterocycles. The maximum Gasteiger partial charge on any atom is 0.327 e. The van der Waals surface area contributed by atoms with Gasteiger partial charge in [-0.3, -0.25) is 24.0 Å². The number of thiol groups is 2. The third-order valence-corrected chi connectivity index (χ3v) is 4.19. The summed E-state index contributed by atoms with van der Waals surface area (Å²) < 4.78 is 0. The first-order valence-corrected chi connectivity index (χ1v) is 10.2. The maximum atomic E-state index is 12.0. The Labute approximate surface area is 189 Å². The van der Waals surface area contributed by atoms with Gasteiger partial charge in [0.05, 0.1) is 19.6 Å². The molecule has 0 aliphatic carbocycles. The van der Waals surface area contributed by atoms with Crippen LogP contribution in [-0.4, -0.2) is 83.8 Å². The summed E-state index contributed by atoms with van der Waals surface area (Å²) in [6.45, 7) is -1.43. The lowest BCUT2D eigenvalue weighted by Crippen LogP contribution is -2.51. The molecule has 0 saturated carbocycles. The summed E-state index contributed by atoms with van der Waals surface area (Å²) in [7, 11) is 0. The van der Waals surface area contributed by atoms with Crippen LogP contribution in [0.5, 0.6) is 0 Å². The minimum absolute atomic E-state index is 0.00430. The standard InChI is InChI=1S/C17H25N5O7S2/c1-2-3-4-12(23)21-10(8-30)16(27)20-6-14(25)18-5-13(24)19-7-15(26)22-11(9-31)17(28)29/h1,10-11,30-31H,3-9H2,(H,18,25)(H,19,24)(H,20,27)(H,21,23)(H,22,26)(H,28,29). The van der Waals surface area contributed by atoms with E-state index in [4.69, 9.17) is 11.5 Å². The van der Waals surface area contributed by atoms with Crippen LogP contribution >= 0.6 is 25.3 Å². The Morgan fingerprint density at radius 1 is 0.774 bits per heavy atom. The second kappa shape index (κ2) is 15.9. The van der Waals surface area contributed by atoms with Crippen molar-refractivity contribution in [1.82, 2.24) is 26.6 Å². The zero-order valence-corrected chi connectivity index (χ0v) is 18.3. The number of rotatable bonds is 14. The number of amides is 5. The molecule has 0 fully saturated rings. The van der Waals surface area contributed by atoms with E-state index in [9.17, 15) is 28.8 Å². The first-order valence-electron chi connectivity index (χ1n) is 8.92. The summed E-state index contributed by atoms with van der Waals surface area (Å²) in [6.07, 6.45) is 5.32. The van der Waals surface area contributed by atoms with Crippen LogP contribution in [0.2, 0.25) is 0 Å². The van der Waals surface area contributed by atoms with Crippen molar-refractivity contribution < 1.29 is 33.9 Å². The molecule has 0 saturated heterocycles. The first kappa shape index (κ1) is 28.1. The average Bonchev–Trinajstić information content (AvgIpc) is 2.74. The van der Waals surface area contributed by atoms with Crippen LogP contribution in [0.25, 0.3) is 0 Å². The molecule has 6 N–H and O–H groups in total. The van der Waals surface area contributed by atoms with Crippen molar-refractivity contribution in [3.8, 4) is 12.3 Å². The molecular formula is C17H25N5O7S2. The Bertz CT molecular complexity index is 726. The van der Waals surface area contributed by atoms with Crippen LogP contribution in [0.3, 0.4) is 0 Å². The number of carbonyl (C=O) groups is 6. The van der Waals surface area contributed by atoms with Gasteiger partial charge in [-0.25, -0.2) is 4.79 Å². The molecule has 172 valence electrons. The zero-order valence-electron chi connectivity index (χ0n) is 16.5. The summed E-state index contributed by atoms with van der Waals surface area (Å²) in [6, 6.07) is -2.16. The van der Waals surface area contributed by atoms with E-state index in [1.165, 1.54) is 0 Å². The van der Waals surface area contributed by atoms with E-state index in [1.54, 1.807) is 0 Å². The summed E-state index contributed by atoms with van der Waals surface area (Å²) in [5, 5.41) is 20.1. The molecular weight excluding hydrogens is 450 g/mol. The number of carboxylic acid groups (broad SMARTS) is 1. The molecule has 2 atom stereocenters. The van der Waals surface area contributed by atoms with E-state index in [1.807, 2.05) is 0 Å². The van der Waals surface area contributed by atoms with E-state index < -0.39 is 67.2 Å². The predicted octanol–water partition coefficient (Wildman–Crippen LogP) is -3.34. The molecule has 0 aromatic carbocycles. The molecule has 0 rings (SSSR count). The highest BCUT2D eigenvalue weighted by Gasteiger charge is 2.20. The lowest BCUT2D eigenvalue weighted by molar-refractivity contribution is -0.141. The van der Waals surface area contributed by atoms with Gasteiger partial charge in [-0.15, -0.1) is 12.3 Å². The third kappa shape index (κ3) is 13.1. The number of terminal acetylenes is 1. The molecule has 0 spiro atoms. The van der Waals surface area contributed by atoms with Gasteiger partial charge in [0.15, 0.2) is 0 Å². The van der Waals surface area contributed by atoms with Gasteiger partial charge >= 0.3 is 5.97 Å². The monoisotopic (exact) mass is 475 g/mol. The fourth-order valence-electron chi connectivity index (χ4n) is 1.85. The first-order chi connectivity index (χ1) is 14.6. The minimum Gasteiger partial charge on any atom is -0.480 e. The van der Waals surface area contributed by atoms with Gasteiger partial charge in [-0.2, -0.15) is 25.3 Å². The fraction of sp³-hybridized carbons (Fsp3) is 0.529. The van der Waals surface area contributed by atoms with E-state index in [0.717, 1.165) is 0 Å². The van der Waals surface area contributed by atoms with Crippen molar-refractivity contribution in [2.75, 3.05) is 31.1 Å².